The molecule has 2 aromatic rings. The molecule has 0 unspecified atom stereocenters. The van der Waals surface area contributed by atoms with Crippen molar-refractivity contribution in [1.82, 2.24) is 0 Å². The number of carbonyl (C=O) groups is 1. The number of methoxy groups -OCH3 is 1. The molecule has 0 amide bonds. The van der Waals surface area contributed by atoms with Gasteiger partial charge in [0, 0.05) is 9.13 Å². The summed E-state index contributed by atoms with van der Waals surface area (Å²) >= 11 is 8.56. The van der Waals surface area contributed by atoms with E-state index in [1.165, 1.54) is 7.11 Å². The lowest BCUT2D eigenvalue weighted by molar-refractivity contribution is -0.129. The predicted molar refractivity (Wildman–Crippen MR) is 118 cm³/mol. The first-order valence-corrected chi connectivity index (χ1v) is 9.79. The van der Waals surface area contributed by atoms with Gasteiger partial charge in [-0.15, -0.1) is 0 Å². The van der Waals surface area contributed by atoms with Crippen LogP contribution in [0.3, 0.4) is 0 Å². The van der Waals surface area contributed by atoms with Crippen LogP contribution in [0, 0.1) is 10.5 Å². The number of ether oxygens (including phenoxy) is 3. The lowest BCUT2D eigenvalue weighted by Gasteiger charge is -2.12. The molecule has 5 nitrogen and oxygen atoms in total. The molecule has 1 heterocycles. The van der Waals surface area contributed by atoms with Crippen LogP contribution in [0.25, 0.3) is 6.08 Å². The second-order valence-electron chi connectivity index (χ2n) is 5.93. The number of hydrogen-bond acceptors (Lipinski definition) is 5. The summed E-state index contributed by atoms with van der Waals surface area (Å²) in [4.78, 5) is 16.6. The van der Waals surface area contributed by atoms with Gasteiger partial charge in [0.1, 0.15) is 6.61 Å². The van der Waals surface area contributed by atoms with Crippen molar-refractivity contribution < 1.29 is 19.0 Å². The Morgan fingerprint density at radius 3 is 2.79 bits per heavy atom. The molecule has 0 fully saturated rings. The van der Waals surface area contributed by atoms with Crippen molar-refractivity contribution in [2.45, 2.75) is 6.92 Å². The van der Waals surface area contributed by atoms with E-state index >= 15 is 0 Å². The van der Waals surface area contributed by atoms with Crippen LogP contribution in [0.15, 0.2) is 53.7 Å². The van der Waals surface area contributed by atoms with Crippen LogP contribution < -0.4 is 9.47 Å². The molecule has 0 saturated heterocycles. The van der Waals surface area contributed by atoms with E-state index in [9.17, 15) is 4.79 Å². The first-order valence-electron chi connectivity index (χ1n) is 8.33. The zero-order valence-electron chi connectivity index (χ0n) is 15.3. The number of esters is 1. The first-order chi connectivity index (χ1) is 13.4. The van der Waals surface area contributed by atoms with Gasteiger partial charge in [0.15, 0.2) is 17.2 Å². The maximum Gasteiger partial charge on any atom is 0.363 e. The Balaban J connectivity index is 1.95. The molecule has 1 aliphatic heterocycles. The molecular weight excluding hydrogens is 493 g/mol. The van der Waals surface area contributed by atoms with E-state index in [-0.39, 0.29) is 11.6 Å². The molecule has 0 aliphatic carbocycles. The lowest BCUT2D eigenvalue weighted by Crippen LogP contribution is -2.05. The highest BCUT2D eigenvalue weighted by Crippen LogP contribution is 2.37. The standard InChI is InChI=1S/C21H17ClINO4/c1-4-7-27-19-15(22)9-13(11-18(19)26-3)10-17-21(25)28-20(24-17)14-5-6-16(23)12(2)8-14/h4-6,8-11H,1,7H2,2-3H3/b17-10-. The van der Waals surface area contributed by atoms with Gasteiger partial charge in [-0.2, -0.15) is 0 Å². The summed E-state index contributed by atoms with van der Waals surface area (Å²) in [6, 6.07) is 9.15. The second-order valence-corrected chi connectivity index (χ2v) is 7.50. The Bertz CT molecular complexity index is 1010. The number of hydrogen-bond donors (Lipinski definition) is 0. The SMILES string of the molecule is C=CCOc1c(Cl)cc(/C=C2\N=C(c3ccc(I)c(C)c3)OC2=O)cc1OC. The Hall–Kier alpha value is -2.32. The molecule has 0 saturated carbocycles. The van der Waals surface area contributed by atoms with Gasteiger partial charge >= 0.3 is 5.97 Å². The summed E-state index contributed by atoms with van der Waals surface area (Å²) in [5.74, 6) is 0.622. The smallest absolute Gasteiger partial charge is 0.363 e. The van der Waals surface area contributed by atoms with Crippen molar-refractivity contribution in [3.8, 4) is 11.5 Å². The number of carbonyl (C=O) groups excluding carboxylic acids is 1. The van der Waals surface area contributed by atoms with Crippen LogP contribution in [-0.2, 0) is 9.53 Å². The van der Waals surface area contributed by atoms with Crippen molar-refractivity contribution in [3.05, 3.63) is 74.0 Å². The number of aliphatic imine (C=N–C) groups is 1. The van der Waals surface area contributed by atoms with Crippen molar-refractivity contribution >= 4 is 52.1 Å². The average molecular weight is 510 g/mol. The third-order valence-electron chi connectivity index (χ3n) is 3.93. The second kappa shape index (κ2) is 8.79. The largest absolute Gasteiger partial charge is 0.493 e. The minimum atomic E-state index is -0.520. The van der Waals surface area contributed by atoms with E-state index < -0.39 is 5.97 Å². The molecule has 144 valence electrons. The summed E-state index contributed by atoms with van der Waals surface area (Å²) in [5, 5.41) is 0.358. The molecule has 2 aromatic carbocycles. The molecule has 0 N–H and O–H groups in total. The van der Waals surface area contributed by atoms with Gasteiger partial charge in [-0.3, -0.25) is 0 Å². The average Bonchev–Trinajstić information content (AvgIpc) is 3.03. The van der Waals surface area contributed by atoms with Crippen molar-refractivity contribution in [2.24, 2.45) is 4.99 Å². The number of cyclic esters (lactones) is 1. The number of halogens is 2. The molecule has 3 rings (SSSR count). The third-order valence-corrected chi connectivity index (χ3v) is 5.42. The van der Waals surface area contributed by atoms with Gasteiger partial charge in [0.25, 0.3) is 0 Å². The maximum absolute atomic E-state index is 12.3. The number of benzene rings is 2. The van der Waals surface area contributed by atoms with E-state index in [1.54, 1.807) is 24.3 Å². The zero-order chi connectivity index (χ0) is 20.3. The molecule has 0 atom stereocenters. The molecule has 0 bridgehead atoms. The van der Waals surface area contributed by atoms with E-state index in [4.69, 9.17) is 25.8 Å². The first kappa shape index (κ1) is 20.4. The summed E-state index contributed by atoms with van der Waals surface area (Å²) in [6.45, 7) is 5.90. The molecule has 0 aromatic heterocycles. The van der Waals surface area contributed by atoms with Gasteiger partial charge in [0.05, 0.1) is 12.1 Å². The van der Waals surface area contributed by atoms with Crippen LogP contribution >= 0.6 is 34.2 Å². The van der Waals surface area contributed by atoms with Gasteiger partial charge < -0.3 is 14.2 Å². The molecule has 1 aliphatic rings. The monoisotopic (exact) mass is 509 g/mol. The van der Waals surface area contributed by atoms with Gasteiger partial charge in [-0.1, -0.05) is 24.3 Å². The molecule has 7 heteroatoms. The van der Waals surface area contributed by atoms with Crippen LogP contribution in [0.2, 0.25) is 5.02 Å². The highest BCUT2D eigenvalue weighted by molar-refractivity contribution is 14.1. The van der Waals surface area contributed by atoms with E-state index in [2.05, 4.69) is 34.2 Å². The van der Waals surface area contributed by atoms with Crippen LogP contribution in [0.1, 0.15) is 16.7 Å². The molecular formula is C21H17ClINO4. The zero-order valence-corrected chi connectivity index (χ0v) is 18.2. The minimum absolute atomic E-state index is 0.184. The Kier molecular flexibility index (Phi) is 6.41. The highest BCUT2D eigenvalue weighted by atomic mass is 127. The normalized spacial score (nSPS) is 14.6. The van der Waals surface area contributed by atoms with Crippen molar-refractivity contribution in [1.29, 1.82) is 0 Å². The Morgan fingerprint density at radius 2 is 2.11 bits per heavy atom. The Morgan fingerprint density at radius 1 is 1.32 bits per heavy atom. The third kappa shape index (κ3) is 4.39. The molecule has 28 heavy (non-hydrogen) atoms. The van der Waals surface area contributed by atoms with Crippen LogP contribution in [0.5, 0.6) is 11.5 Å². The van der Waals surface area contributed by atoms with Crippen LogP contribution in [0.4, 0.5) is 0 Å². The van der Waals surface area contributed by atoms with E-state index in [1.807, 2.05) is 25.1 Å². The van der Waals surface area contributed by atoms with E-state index in [0.717, 1.165) is 14.7 Å². The van der Waals surface area contributed by atoms with Gasteiger partial charge in [0.2, 0.25) is 5.90 Å². The fraction of sp³-hybridized carbons (Fsp3) is 0.143. The number of nitrogens with zero attached hydrogens (tertiary/aromatic N) is 1. The fourth-order valence-electron chi connectivity index (χ4n) is 2.57. The number of aryl methyl sites for hydroxylation is 1. The van der Waals surface area contributed by atoms with Crippen molar-refractivity contribution in [3.63, 3.8) is 0 Å². The maximum atomic E-state index is 12.3. The topological polar surface area (TPSA) is 57.1 Å². The summed E-state index contributed by atoms with van der Waals surface area (Å²) in [5.41, 5.74) is 2.66. The quantitative estimate of drug-likeness (QED) is 0.233. The predicted octanol–water partition coefficient (Wildman–Crippen LogP) is 5.17. The van der Waals surface area contributed by atoms with Crippen LogP contribution in [-0.4, -0.2) is 25.6 Å². The summed E-state index contributed by atoms with van der Waals surface area (Å²) < 4.78 is 17.3. The number of rotatable bonds is 6. The van der Waals surface area contributed by atoms with Gasteiger partial charge in [-0.25, -0.2) is 9.79 Å². The van der Waals surface area contributed by atoms with E-state index in [0.29, 0.717) is 28.7 Å². The van der Waals surface area contributed by atoms with Gasteiger partial charge in [-0.05, 0) is 77.0 Å². The highest BCUT2D eigenvalue weighted by Gasteiger charge is 2.25. The minimum Gasteiger partial charge on any atom is -0.493 e. The molecule has 0 radical (unpaired) electrons. The summed E-state index contributed by atoms with van der Waals surface area (Å²) in [7, 11) is 1.52. The van der Waals surface area contributed by atoms with Crippen molar-refractivity contribution in [2.75, 3.05) is 13.7 Å². The summed E-state index contributed by atoms with van der Waals surface area (Å²) in [6.07, 6.45) is 3.21. The lowest BCUT2D eigenvalue weighted by atomic mass is 10.1. The molecule has 0 spiro atoms. The fourth-order valence-corrected chi connectivity index (χ4v) is 3.18. The Labute approximate surface area is 181 Å².